The molecule has 1 unspecified atom stereocenters. The fourth-order valence-electron chi connectivity index (χ4n) is 4.29. The topological polar surface area (TPSA) is 97.0 Å². The van der Waals surface area contributed by atoms with Crippen LogP contribution in [0.1, 0.15) is 69.8 Å². The molecule has 2 amide bonds. The summed E-state index contributed by atoms with van der Waals surface area (Å²) in [6, 6.07) is 8.11. The highest BCUT2D eigenvalue weighted by Crippen LogP contribution is 2.35. The van der Waals surface area contributed by atoms with Gasteiger partial charge in [-0.05, 0) is 56.5 Å². The minimum Gasteiger partial charge on any atom is -0.497 e. The third kappa shape index (κ3) is 5.95. The molecule has 0 saturated carbocycles. The Labute approximate surface area is 204 Å². The fourth-order valence-corrected chi connectivity index (χ4v) is 5.45. The molecule has 1 aliphatic rings. The molecule has 0 bridgehead atoms. The van der Waals surface area contributed by atoms with Crippen LogP contribution in [0.4, 0.5) is 5.00 Å². The highest BCUT2D eigenvalue weighted by Gasteiger charge is 2.28. The van der Waals surface area contributed by atoms with Crippen molar-refractivity contribution in [2.45, 2.75) is 45.6 Å². The van der Waals surface area contributed by atoms with Gasteiger partial charge in [-0.1, -0.05) is 25.0 Å². The standard InChI is InChI=1S/C25H33N3O5S/c1-5-33-25(31)21-16(2)22(23(30)26-3)34-24(21)27-20(29)15-28-14-8-6-7-9-19(28)17-10-12-18(32-4)13-11-17/h10-13,19H,5-9,14-15H2,1-4H3,(H,26,30)(H,27,29). The highest BCUT2D eigenvalue weighted by molar-refractivity contribution is 7.18. The zero-order valence-electron chi connectivity index (χ0n) is 20.2. The maximum Gasteiger partial charge on any atom is 0.341 e. The minimum atomic E-state index is -0.549. The molecule has 1 aromatic carbocycles. The first-order valence-electron chi connectivity index (χ1n) is 11.6. The van der Waals surface area contributed by atoms with Gasteiger partial charge in [0.25, 0.3) is 5.91 Å². The van der Waals surface area contributed by atoms with Gasteiger partial charge in [0.2, 0.25) is 5.91 Å². The van der Waals surface area contributed by atoms with Gasteiger partial charge in [0, 0.05) is 13.1 Å². The van der Waals surface area contributed by atoms with E-state index in [1.807, 2.05) is 12.1 Å². The summed E-state index contributed by atoms with van der Waals surface area (Å²) < 4.78 is 10.5. The highest BCUT2D eigenvalue weighted by atomic mass is 32.1. The number of rotatable bonds is 8. The first-order valence-corrected chi connectivity index (χ1v) is 12.4. The molecule has 2 N–H and O–H groups in total. The molecule has 1 saturated heterocycles. The van der Waals surface area contributed by atoms with E-state index < -0.39 is 5.97 Å². The van der Waals surface area contributed by atoms with Crippen molar-refractivity contribution in [2.75, 3.05) is 39.2 Å². The average Bonchev–Trinajstić information content (AvgIpc) is 2.99. The SMILES string of the molecule is CCOC(=O)c1c(NC(=O)CN2CCCCCC2c2ccc(OC)cc2)sc(C(=O)NC)c1C. The van der Waals surface area contributed by atoms with Crippen LogP contribution in [-0.2, 0) is 9.53 Å². The summed E-state index contributed by atoms with van der Waals surface area (Å²) in [5.74, 6) is -0.281. The molecule has 8 nitrogen and oxygen atoms in total. The predicted molar refractivity (Wildman–Crippen MR) is 133 cm³/mol. The number of carbonyl (C=O) groups is 3. The van der Waals surface area contributed by atoms with Gasteiger partial charge in [0.15, 0.2) is 0 Å². The van der Waals surface area contributed by atoms with Crippen LogP contribution in [0.15, 0.2) is 24.3 Å². The van der Waals surface area contributed by atoms with E-state index in [0.29, 0.717) is 15.4 Å². The number of carbonyl (C=O) groups excluding carboxylic acids is 3. The summed E-state index contributed by atoms with van der Waals surface area (Å²) in [5.41, 5.74) is 1.89. The molecule has 2 heterocycles. The Hall–Kier alpha value is -2.91. The third-order valence-electron chi connectivity index (χ3n) is 6.02. The molecule has 1 aromatic heterocycles. The van der Waals surface area contributed by atoms with Gasteiger partial charge in [0.05, 0.1) is 30.7 Å². The summed E-state index contributed by atoms with van der Waals surface area (Å²) >= 11 is 1.09. The molecule has 2 aromatic rings. The molecular formula is C25H33N3O5S. The molecule has 1 fully saturated rings. The monoisotopic (exact) mass is 487 g/mol. The van der Waals surface area contributed by atoms with Crippen LogP contribution in [-0.4, -0.2) is 56.5 Å². The number of likely N-dealkylation sites (tertiary alicyclic amines) is 1. The van der Waals surface area contributed by atoms with Crippen LogP contribution in [0, 0.1) is 6.92 Å². The Kier molecular flexibility index (Phi) is 9.06. The van der Waals surface area contributed by atoms with Crippen LogP contribution in [0.2, 0.25) is 0 Å². The lowest BCUT2D eigenvalue weighted by Gasteiger charge is -2.29. The van der Waals surface area contributed by atoms with Crippen LogP contribution in [0.5, 0.6) is 5.75 Å². The molecule has 9 heteroatoms. The maximum atomic E-state index is 13.1. The number of thiophene rings is 1. The lowest BCUT2D eigenvalue weighted by Crippen LogP contribution is -2.36. The summed E-state index contributed by atoms with van der Waals surface area (Å²) in [6.45, 7) is 4.61. The van der Waals surface area contributed by atoms with E-state index in [9.17, 15) is 14.4 Å². The van der Waals surface area contributed by atoms with Gasteiger partial charge in [-0.2, -0.15) is 0 Å². The summed E-state index contributed by atoms with van der Waals surface area (Å²) in [6.07, 6.45) is 4.21. The second-order valence-corrected chi connectivity index (χ2v) is 9.24. The van der Waals surface area contributed by atoms with E-state index in [1.165, 1.54) is 7.05 Å². The number of hydrogen-bond donors (Lipinski definition) is 2. The van der Waals surface area contributed by atoms with Crippen molar-refractivity contribution in [3.8, 4) is 5.75 Å². The van der Waals surface area contributed by atoms with E-state index in [4.69, 9.17) is 9.47 Å². The first kappa shape index (κ1) is 25.7. The Balaban J connectivity index is 1.82. The lowest BCUT2D eigenvalue weighted by atomic mass is 10.0. The molecular weight excluding hydrogens is 454 g/mol. The normalized spacial score (nSPS) is 16.4. The summed E-state index contributed by atoms with van der Waals surface area (Å²) in [5, 5.41) is 5.81. The number of nitrogens with zero attached hydrogens (tertiary/aromatic N) is 1. The second-order valence-electron chi connectivity index (χ2n) is 8.22. The number of methoxy groups -OCH3 is 1. The molecule has 0 radical (unpaired) electrons. The predicted octanol–water partition coefficient (Wildman–Crippen LogP) is 4.16. The van der Waals surface area contributed by atoms with E-state index in [0.717, 1.165) is 54.9 Å². The van der Waals surface area contributed by atoms with Crippen molar-refractivity contribution in [3.05, 3.63) is 45.8 Å². The van der Waals surface area contributed by atoms with E-state index in [-0.39, 0.29) is 36.6 Å². The fraction of sp³-hybridized carbons (Fsp3) is 0.480. The Morgan fingerprint density at radius 3 is 2.53 bits per heavy atom. The van der Waals surface area contributed by atoms with Crippen LogP contribution < -0.4 is 15.4 Å². The number of esters is 1. The third-order valence-corrected chi connectivity index (χ3v) is 7.23. The first-order chi connectivity index (χ1) is 16.4. The quantitative estimate of drug-likeness (QED) is 0.543. The number of benzene rings is 1. The number of amides is 2. The van der Waals surface area contributed by atoms with Gasteiger partial charge in [-0.15, -0.1) is 11.3 Å². The molecule has 34 heavy (non-hydrogen) atoms. The zero-order chi connectivity index (χ0) is 24.7. The number of hydrogen-bond acceptors (Lipinski definition) is 7. The lowest BCUT2D eigenvalue weighted by molar-refractivity contribution is -0.117. The van der Waals surface area contributed by atoms with Crippen molar-refractivity contribution >= 4 is 34.1 Å². The van der Waals surface area contributed by atoms with Crippen molar-refractivity contribution in [1.82, 2.24) is 10.2 Å². The Morgan fingerprint density at radius 1 is 1.15 bits per heavy atom. The maximum absolute atomic E-state index is 13.1. The molecule has 1 aliphatic heterocycles. The summed E-state index contributed by atoms with van der Waals surface area (Å²) in [4.78, 5) is 40.6. The van der Waals surface area contributed by atoms with Gasteiger partial charge >= 0.3 is 5.97 Å². The van der Waals surface area contributed by atoms with E-state index in [2.05, 4.69) is 27.7 Å². The Morgan fingerprint density at radius 2 is 1.88 bits per heavy atom. The summed E-state index contributed by atoms with van der Waals surface area (Å²) in [7, 11) is 3.17. The van der Waals surface area contributed by atoms with E-state index in [1.54, 1.807) is 21.0 Å². The number of ether oxygens (including phenoxy) is 2. The van der Waals surface area contributed by atoms with Gasteiger partial charge in [0.1, 0.15) is 10.8 Å². The average molecular weight is 488 g/mol. The van der Waals surface area contributed by atoms with Gasteiger partial charge < -0.3 is 20.1 Å². The van der Waals surface area contributed by atoms with Crippen LogP contribution in [0.25, 0.3) is 0 Å². The van der Waals surface area contributed by atoms with Crippen molar-refractivity contribution in [2.24, 2.45) is 0 Å². The van der Waals surface area contributed by atoms with Gasteiger partial charge in [-0.25, -0.2) is 4.79 Å². The number of nitrogens with one attached hydrogen (secondary N) is 2. The molecule has 184 valence electrons. The van der Waals surface area contributed by atoms with E-state index >= 15 is 0 Å². The minimum absolute atomic E-state index is 0.121. The van der Waals surface area contributed by atoms with Crippen molar-refractivity contribution in [3.63, 3.8) is 0 Å². The molecule has 1 atom stereocenters. The second kappa shape index (κ2) is 12.0. The molecule has 3 rings (SSSR count). The Bertz CT molecular complexity index is 1020. The largest absolute Gasteiger partial charge is 0.497 e. The van der Waals surface area contributed by atoms with Gasteiger partial charge in [-0.3, -0.25) is 14.5 Å². The van der Waals surface area contributed by atoms with Crippen LogP contribution in [0.3, 0.4) is 0 Å². The molecule has 0 spiro atoms. The van der Waals surface area contributed by atoms with Crippen molar-refractivity contribution in [1.29, 1.82) is 0 Å². The van der Waals surface area contributed by atoms with Crippen LogP contribution >= 0.6 is 11.3 Å². The number of anilines is 1. The zero-order valence-corrected chi connectivity index (χ0v) is 21.0. The van der Waals surface area contributed by atoms with Crippen molar-refractivity contribution < 1.29 is 23.9 Å². The molecule has 0 aliphatic carbocycles. The smallest absolute Gasteiger partial charge is 0.341 e.